The van der Waals surface area contributed by atoms with Gasteiger partial charge in [0.1, 0.15) is 11.3 Å². The number of pyridine rings is 1. The number of alkyl halides is 1. The van der Waals surface area contributed by atoms with Crippen molar-refractivity contribution < 1.29 is 0 Å². The normalized spacial score (nSPS) is 11.4. The summed E-state index contributed by atoms with van der Waals surface area (Å²) in [5, 5.41) is 4.39. The molecule has 0 amide bonds. The Balaban J connectivity index is 2.10. The maximum absolute atomic E-state index is 5.91. The maximum Gasteiger partial charge on any atom is 0.160 e. The molecule has 3 rings (SSSR count). The van der Waals surface area contributed by atoms with Crippen molar-refractivity contribution in [1.82, 2.24) is 24.3 Å². The van der Waals surface area contributed by atoms with Crippen LogP contribution in [0.15, 0.2) is 22.9 Å². The van der Waals surface area contributed by atoms with E-state index in [1.54, 1.807) is 6.20 Å². The van der Waals surface area contributed by atoms with Crippen LogP contribution in [0.3, 0.4) is 0 Å². The van der Waals surface area contributed by atoms with E-state index in [4.69, 9.17) is 11.6 Å². The van der Waals surface area contributed by atoms with Crippen LogP contribution in [0.4, 0.5) is 0 Å². The van der Waals surface area contributed by atoms with Crippen LogP contribution in [0, 0.1) is 6.92 Å². The number of fused-ring (bicyclic) bond motifs is 1. The standard InChI is InChI=1S/C14H15BrClN5/c1-9-10(7-20(2)19-9)8-21-13(3-4-16)18-12-5-11(15)6-17-14(12)21/h5-7H,3-4,8H2,1-2H3. The summed E-state index contributed by atoms with van der Waals surface area (Å²) in [5.74, 6) is 1.49. The first-order valence-electron chi connectivity index (χ1n) is 6.64. The number of nitrogens with zero attached hydrogens (tertiary/aromatic N) is 5. The zero-order chi connectivity index (χ0) is 15.0. The predicted octanol–water partition coefficient (Wildman–Crippen LogP) is 3.07. The van der Waals surface area contributed by atoms with Crippen molar-refractivity contribution >= 4 is 38.7 Å². The number of halogens is 2. The Morgan fingerprint density at radius 3 is 2.86 bits per heavy atom. The second-order valence-corrected chi connectivity index (χ2v) is 6.26. The molecule has 0 aliphatic heterocycles. The minimum Gasteiger partial charge on any atom is -0.308 e. The molecular formula is C14H15BrClN5. The Labute approximate surface area is 136 Å². The van der Waals surface area contributed by atoms with Crippen molar-refractivity contribution in [2.24, 2.45) is 7.05 Å². The molecule has 21 heavy (non-hydrogen) atoms. The van der Waals surface area contributed by atoms with Crippen LogP contribution >= 0.6 is 27.5 Å². The summed E-state index contributed by atoms with van der Waals surface area (Å²) in [6.07, 6.45) is 4.54. The van der Waals surface area contributed by atoms with Crippen molar-refractivity contribution in [3.8, 4) is 0 Å². The molecule has 0 aliphatic carbocycles. The zero-order valence-electron chi connectivity index (χ0n) is 11.8. The lowest BCUT2D eigenvalue weighted by atomic mass is 10.2. The van der Waals surface area contributed by atoms with E-state index in [1.165, 1.54) is 0 Å². The quantitative estimate of drug-likeness (QED) is 0.665. The van der Waals surface area contributed by atoms with Gasteiger partial charge in [-0.15, -0.1) is 11.6 Å². The summed E-state index contributed by atoms with van der Waals surface area (Å²) >= 11 is 9.34. The minimum absolute atomic E-state index is 0.538. The number of aromatic nitrogens is 5. The van der Waals surface area contributed by atoms with E-state index < -0.39 is 0 Å². The van der Waals surface area contributed by atoms with Crippen LogP contribution in [0.5, 0.6) is 0 Å². The fraction of sp³-hybridized carbons (Fsp3) is 0.357. The molecule has 0 bridgehead atoms. The number of hydrogen-bond donors (Lipinski definition) is 0. The van der Waals surface area contributed by atoms with E-state index >= 15 is 0 Å². The summed E-state index contributed by atoms with van der Waals surface area (Å²) in [6.45, 7) is 2.72. The molecule has 3 aromatic rings. The molecule has 0 N–H and O–H groups in total. The molecule has 0 saturated carbocycles. The lowest BCUT2D eigenvalue weighted by molar-refractivity contribution is 0.742. The van der Waals surface area contributed by atoms with Gasteiger partial charge in [0.05, 0.1) is 12.2 Å². The second-order valence-electron chi connectivity index (χ2n) is 4.96. The summed E-state index contributed by atoms with van der Waals surface area (Å²) < 4.78 is 4.87. The molecular weight excluding hydrogens is 354 g/mol. The van der Waals surface area contributed by atoms with E-state index in [0.29, 0.717) is 12.4 Å². The van der Waals surface area contributed by atoms with Gasteiger partial charge in [0.15, 0.2) is 5.65 Å². The van der Waals surface area contributed by atoms with Gasteiger partial charge in [-0.25, -0.2) is 9.97 Å². The van der Waals surface area contributed by atoms with Crippen molar-refractivity contribution in [2.45, 2.75) is 19.9 Å². The summed E-state index contributed by atoms with van der Waals surface area (Å²) in [5.41, 5.74) is 3.94. The van der Waals surface area contributed by atoms with E-state index in [0.717, 1.165) is 39.1 Å². The van der Waals surface area contributed by atoms with Gasteiger partial charge in [-0.2, -0.15) is 5.10 Å². The van der Waals surface area contributed by atoms with Gasteiger partial charge in [-0.1, -0.05) is 0 Å². The first-order valence-corrected chi connectivity index (χ1v) is 7.97. The maximum atomic E-state index is 5.91. The Hall–Kier alpha value is -1.40. The monoisotopic (exact) mass is 367 g/mol. The first kappa shape index (κ1) is 14.5. The van der Waals surface area contributed by atoms with Crippen molar-refractivity contribution in [1.29, 1.82) is 0 Å². The van der Waals surface area contributed by atoms with Crippen molar-refractivity contribution in [3.63, 3.8) is 0 Å². The zero-order valence-corrected chi connectivity index (χ0v) is 14.2. The number of imidazole rings is 1. The van der Waals surface area contributed by atoms with Crippen molar-refractivity contribution in [2.75, 3.05) is 5.88 Å². The molecule has 0 saturated heterocycles. The van der Waals surface area contributed by atoms with Crippen LogP contribution in [0.25, 0.3) is 11.2 Å². The van der Waals surface area contributed by atoms with Crippen LogP contribution in [0.2, 0.25) is 0 Å². The molecule has 0 aromatic carbocycles. The molecule has 110 valence electrons. The molecule has 5 nitrogen and oxygen atoms in total. The highest BCUT2D eigenvalue weighted by Crippen LogP contribution is 2.21. The van der Waals surface area contributed by atoms with Crippen LogP contribution in [0.1, 0.15) is 17.1 Å². The largest absolute Gasteiger partial charge is 0.308 e. The number of aryl methyl sites for hydroxylation is 3. The number of rotatable bonds is 4. The fourth-order valence-corrected chi connectivity index (χ4v) is 2.94. The third-order valence-electron chi connectivity index (χ3n) is 3.39. The Bertz CT molecular complexity index is 792. The van der Waals surface area contributed by atoms with E-state index in [2.05, 4.69) is 35.6 Å². The Morgan fingerprint density at radius 1 is 1.38 bits per heavy atom. The van der Waals surface area contributed by atoms with Crippen LogP contribution in [-0.2, 0) is 20.0 Å². The van der Waals surface area contributed by atoms with E-state index in [1.807, 2.05) is 30.9 Å². The second kappa shape index (κ2) is 5.77. The average molecular weight is 369 g/mol. The predicted molar refractivity (Wildman–Crippen MR) is 86.7 cm³/mol. The lowest BCUT2D eigenvalue weighted by Crippen LogP contribution is -2.07. The fourth-order valence-electron chi connectivity index (χ4n) is 2.45. The smallest absolute Gasteiger partial charge is 0.160 e. The molecule has 0 unspecified atom stereocenters. The summed E-state index contributed by atoms with van der Waals surface area (Å²) in [4.78, 5) is 9.15. The lowest BCUT2D eigenvalue weighted by Gasteiger charge is -2.07. The summed E-state index contributed by atoms with van der Waals surface area (Å²) in [7, 11) is 1.93. The highest BCUT2D eigenvalue weighted by atomic mass is 79.9. The Morgan fingerprint density at radius 2 is 2.19 bits per heavy atom. The van der Waals surface area contributed by atoms with Gasteiger partial charge in [-0.3, -0.25) is 4.68 Å². The SMILES string of the molecule is Cc1nn(C)cc1Cn1c(CCCl)nc2cc(Br)cnc21. The topological polar surface area (TPSA) is 48.5 Å². The van der Waals surface area contributed by atoms with Gasteiger partial charge in [0, 0.05) is 41.8 Å². The Kier molecular flexibility index (Phi) is 3.99. The molecule has 0 atom stereocenters. The summed E-state index contributed by atoms with van der Waals surface area (Å²) in [6, 6.07) is 1.98. The number of hydrogen-bond acceptors (Lipinski definition) is 3. The first-order chi connectivity index (χ1) is 10.1. The van der Waals surface area contributed by atoms with Crippen LogP contribution in [-0.4, -0.2) is 30.2 Å². The van der Waals surface area contributed by atoms with Gasteiger partial charge in [0.2, 0.25) is 0 Å². The molecule has 3 aromatic heterocycles. The molecule has 7 heteroatoms. The third kappa shape index (κ3) is 2.82. The molecule has 3 heterocycles. The molecule has 0 fully saturated rings. The molecule has 0 radical (unpaired) electrons. The van der Waals surface area contributed by atoms with Gasteiger partial charge >= 0.3 is 0 Å². The highest BCUT2D eigenvalue weighted by Gasteiger charge is 2.14. The van der Waals surface area contributed by atoms with Crippen molar-refractivity contribution in [3.05, 3.63) is 40.0 Å². The third-order valence-corrected chi connectivity index (χ3v) is 4.01. The highest BCUT2D eigenvalue weighted by molar-refractivity contribution is 9.10. The average Bonchev–Trinajstić information content (AvgIpc) is 2.91. The van der Waals surface area contributed by atoms with Crippen LogP contribution < -0.4 is 0 Å². The van der Waals surface area contributed by atoms with E-state index in [9.17, 15) is 0 Å². The van der Waals surface area contributed by atoms with E-state index in [-0.39, 0.29) is 0 Å². The van der Waals surface area contributed by atoms with Gasteiger partial charge < -0.3 is 4.57 Å². The molecule has 0 spiro atoms. The van der Waals surface area contributed by atoms with Gasteiger partial charge in [0.25, 0.3) is 0 Å². The van der Waals surface area contributed by atoms with Gasteiger partial charge in [-0.05, 0) is 28.9 Å². The minimum atomic E-state index is 0.538. The molecule has 0 aliphatic rings.